The van der Waals surface area contributed by atoms with Gasteiger partial charge in [-0.2, -0.15) is 0 Å². The van der Waals surface area contributed by atoms with E-state index in [0.717, 1.165) is 19.5 Å². The van der Waals surface area contributed by atoms with E-state index in [1.54, 1.807) is 0 Å². The second-order valence-corrected chi connectivity index (χ2v) is 5.75. The summed E-state index contributed by atoms with van der Waals surface area (Å²) in [5.41, 5.74) is 0. The molecule has 0 aromatic carbocycles. The Hall–Kier alpha value is -0.160. The van der Waals surface area contributed by atoms with Crippen molar-refractivity contribution in [1.29, 1.82) is 0 Å². The van der Waals surface area contributed by atoms with Crippen molar-refractivity contribution in [3.63, 3.8) is 0 Å². The number of hydrogen-bond acceptors (Lipinski definition) is 4. The first kappa shape index (κ1) is 16.9. The number of hydrogen-bond donors (Lipinski definition) is 3. The fraction of sp³-hybridized carbons (Fsp3) is 1.00. The summed E-state index contributed by atoms with van der Waals surface area (Å²) >= 11 is 0. The number of unbranched alkanes of at least 4 members (excludes halogenated alkanes) is 6. The lowest BCUT2D eigenvalue weighted by atomic mass is 9.96. The quantitative estimate of drug-likeness (QED) is 0.557. The van der Waals surface area contributed by atoms with E-state index >= 15 is 0 Å². The average molecular weight is 273 g/mol. The van der Waals surface area contributed by atoms with Gasteiger partial charge < -0.3 is 15.3 Å². The van der Waals surface area contributed by atoms with Crippen LogP contribution in [0.4, 0.5) is 0 Å². The highest BCUT2D eigenvalue weighted by atomic mass is 16.3. The third-order valence-electron chi connectivity index (χ3n) is 4.21. The fourth-order valence-electron chi connectivity index (χ4n) is 2.88. The molecule has 19 heavy (non-hydrogen) atoms. The van der Waals surface area contributed by atoms with Gasteiger partial charge >= 0.3 is 0 Å². The van der Waals surface area contributed by atoms with Gasteiger partial charge in [-0.3, -0.25) is 4.90 Å². The molecule has 114 valence electrons. The number of aliphatic hydroxyl groups excluding tert-OH is 3. The molecule has 1 aliphatic heterocycles. The lowest BCUT2D eigenvalue weighted by Gasteiger charge is -2.40. The molecule has 0 spiro atoms. The van der Waals surface area contributed by atoms with Crippen molar-refractivity contribution < 1.29 is 15.3 Å². The summed E-state index contributed by atoms with van der Waals surface area (Å²) in [6.45, 7) is 3.85. The Labute approximate surface area is 117 Å². The molecule has 3 atom stereocenters. The first-order valence-electron chi connectivity index (χ1n) is 7.91. The second kappa shape index (κ2) is 9.70. The normalized spacial score (nSPS) is 28.7. The van der Waals surface area contributed by atoms with E-state index in [9.17, 15) is 15.3 Å². The van der Waals surface area contributed by atoms with E-state index in [1.165, 1.54) is 38.5 Å². The lowest BCUT2D eigenvalue weighted by molar-refractivity contribution is -0.0896. The summed E-state index contributed by atoms with van der Waals surface area (Å²) < 4.78 is 0. The summed E-state index contributed by atoms with van der Waals surface area (Å²) in [6.07, 6.45) is 8.02. The summed E-state index contributed by atoms with van der Waals surface area (Å²) in [4.78, 5) is 2.13. The standard InChI is InChI=1S/C15H31NO3/c1-2-3-4-5-6-7-8-10-16-11-9-14(18)15(19)13(16)12-17/h13-15,17-19H,2-12H2,1H3. The van der Waals surface area contributed by atoms with Gasteiger partial charge in [0.25, 0.3) is 0 Å². The first-order chi connectivity index (χ1) is 9.20. The second-order valence-electron chi connectivity index (χ2n) is 5.75. The molecular weight excluding hydrogens is 242 g/mol. The molecule has 0 aliphatic carbocycles. The molecule has 0 bridgehead atoms. The molecule has 0 aromatic heterocycles. The van der Waals surface area contributed by atoms with Crippen molar-refractivity contribution in [2.75, 3.05) is 19.7 Å². The molecule has 1 saturated heterocycles. The lowest BCUT2D eigenvalue weighted by Crippen LogP contribution is -2.56. The zero-order chi connectivity index (χ0) is 14.1. The molecule has 1 fully saturated rings. The minimum atomic E-state index is -0.802. The Kier molecular flexibility index (Phi) is 8.62. The van der Waals surface area contributed by atoms with Crippen molar-refractivity contribution in [3.05, 3.63) is 0 Å². The molecule has 1 aliphatic rings. The van der Waals surface area contributed by atoms with Gasteiger partial charge in [-0.1, -0.05) is 45.4 Å². The monoisotopic (exact) mass is 273 g/mol. The van der Waals surface area contributed by atoms with Crippen molar-refractivity contribution >= 4 is 0 Å². The van der Waals surface area contributed by atoms with Gasteiger partial charge in [-0.05, 0) is 19.4 Å². The Morgan fingerprint density at radius 3 is 2.26 bits per heavy atom. The van der Waals surface area contributed by atoms with Gasteiger partial charge in [0.05, 0.1) is 24.9 Å². The SMILES string of the molecule is CCCCCCCCCN1CCC(O)C(O)C1CO. The largest absolute Gasteiger partial charge is 0.395 e. The van der Waals surface area contributed by atoms with Crippen molar-refractivity contribution in [2.24, 2.45) is 0 Å². The molecule has 1 rings (SSSR count). The Morgan fingerprint density at radius 1 is 1.00 bits per heavy atom. The molecule has 0 aromatic rings. The highest BCUT2D eigenvalue weighted by Gasteiger charge is 2.34. The average Bonchev–Trinajstić information content (AvgIpc) is 2.42. The van der Waals surface area contributed by atoms with Crippen LogP contribution in [0.5, 0.6) is 0 Å². The molecule has 3 unspecified atom stereocenters. The summed E-state index contributed by atoms with van der Waals surface area (Å²) in [5, 5.41) is 28.8. The fourth-order valence-corrected chi connectivity index (χ4v) is 2.88. The van der Waals surface area contributed by atoms with Crippen molar-refractivity contribution in [2.45, 2.75) is 76.5 Å². The molecule has 4 nitrogen and oxygen atoms in total. The zero-order valence-electron chi connectivity index (χ0n) is 12.3. The third-order valence-corrected chi connectivity index (χ3v) is 4.21. The van der Waals surface area contributed by atoms with Gasteiger partial charge in [-0.25, -0.2) is 0 Å². The van der Waals surface area contributed by atoms with Crippen LogP contribution in [0, 0.1) is 0 Å². The molecule has 0 radical (unpaired) electrons. The van der Waals surface area contributed by atoms with Gasteiger partial charge in [0, 0.05) is 6.54 Å². The Morgan fingerprint density at radius 2 is 1.63 bits per heavy atom. The molecule has 4 heteroatoms. The van der Waals surface area contributed by atoms with E-state index in [1.807, 2.05) is 0 Å². The van der Waals surface area contributed by atoms with E-state index < -0.39 is 12.2 Å². The molecule has 0 saturated carbocycles. The smallest absolute Gasteiger partial charge is 0.0976 e. The van der Waals surface area contributed by atoms with Gasteiger partial charge in [0.1, 0.15) is 0 Å². The zero-order valence-corrected chi connectivity index (χ0v) is 12.3. The van der Waals surface area contributed by atoms with Crippen LogP contribution in [-0.4, -0.2) is 58.2 Å². The maximum atomic E-state index is 9.86. The predicted molar refractivity (Wildman–Crippen MR) is 77.1 cm³/mol. The first-order valence-corrected chi connectivity index (χ1v) is 7.91. The van der Waals surface area contributed by atoms with Crippen LogP contribution in [0.25, 0.3) is 0 Å². The maximum absolute atomic E-state index is 9.86. The highest BCUT2D eigenvalue weighted by molar-refractivity contribution is 4.88. The minimum absolute atomic E-state index is 0.0747. The minimum Gasteiger partial charge on any atom is -0.395 e. The van der Waals surface area contributed by atoms with Crippen LogP contribution in [0.1, 0.15) is 58.3 Å². The van der Waals surface area contributed by atoms with E-state index in [4.69, 9.17) is 0 Å². The molecule has 3 N–H and O–H groups in total. The number of rotatable bonds is 9. The summed E-state index contributed by atoms with van der Waals surface area (Å²) in [5.74, 6) is 0. The Balaban J connectivity index is 2.14. The Bertz CT molecular complexity index is 225. The van der Waals surface area contributed by atoms with Crippen molar-refractivity contribution in [1.82, 2.24) is 4.90 Å². The van der Waals surface area contributed by atoms with E-state index in [2.05, 4.69) is 11.8 Å². The van der Waals surface area contributed by atoms with Gasteiger partial charge in [-0.15, -0.1) is 0 Å². The summed E-state index contributed by atoms with van der Waals surface area (Å²) in [6, 6.07) is -0.288. The third kappa shape index (κ3) is 5.78. The van der Waals surface area contributed by atoms with Crippen LogP contribution in [0.15, 0.2) is 0 Å². The topological polar surface area (TPSA) is 63.9 Å². The van der Waals surface area contributed by atoms with Crippen LogP contribution >= 0.6 is 0 Å². The molecular formula is C15H31NO3. The maximum Gasteiger partial charge on any atom is 0.0976 e. The van der Waals surface area contributed by atoms with Crippen LogP contribution < -0.4 is 0 Å². The van der Waals surface area contributed by atoms with Crippen molar-refractivity contribution in [3.8, 4) is 0 Å². The van der Waals surface area contributed by atoms with Crippen LogP contribution in [0.2, 0.25) is 0 Å². The van der Waals surface area contributed by atoms with E-state index in [0.29, 0.717) is 6.42 Å². The van der Waals surface area contributed by atoms with Crippen LogP contribution in [-0.2, 0) is 0 Å². The number of piperidine rings is 1. The number of aliphatic hydroxyl groups is 3. The molecule has 0 amide bonds. The predicted octanol–water partition coefficient (Wildman–Crippen LogP) is 1.53. The van der Waals surface area contributed by atoms with Gasteiger partial charge in [0.15, 0.2) is 0 Å². The highest BCUT2D eigenvalue weighted by Crippen LogP contribution is 2.19. The number of likely N-dealkylation sites (tertiary alicyclic amines) is 1. The van der Waals surface area contributed by atoms with E-state index in [-0.39, 0.29) is 12.6 Å². The number of nitrogens with zero attached hydrogens (tertiary/aromatic N) is 1. The van der Waals surface area contributed by atoms with Gasteiger partial charge in [0.2, 0.25) is 0 Å². The molecule has 1 heterocycles. The summed E-state index contributed by atoms with van der Waals surface area (Å²) in [7, 11) is 0. The van der Waals surface area contributed by atoms with Crippen LogP contribution in [0.3, 0.4) is 0 Å².